The van der Waals surface area contributed by atoms with Crippen LogP contribution < -0.4 is 10.5 Å². The molecule has 0 fully saturated rings. The van der Waals surface area contributed by atoms with Crippen molar-refractivity contribution in [1.82, 2.24) is 9.97 Å². The maximum atomic E-state index is 12.5. The lowest BCUT2D eigenvalue weighted by molar-refractivity contribution is 0.654. The number of aryl methyl sites for hydroxylation is 2. The molecule has 5 heteroatoms. The fourth-order valence-corrected chi connectivity index (χ4v) is 4.42. The van der Waals surface area contributed by atoms with Crippen LogP contribution in [0, 0.1) is 13.8 Å². The maximum Gasteiger partial charge on any atom is 0.259 e. The minimum atomic E-state index is -0.0221. The van der Waals surface area contributed by atoms with Gasteiger partial charge in [-0.15, -0.1) is 11.3 Å². The molecular weight excluding hydrogens is 306 g/mol. The molecule has 2 aromatic heterocycles. The lowest BCUT2D eigenvalue weighted by Gasteiger charge is -2.26. The largest absolute Gasteiger partial charge is 0.361 e. The average molecular weight is 325 g/mol. The van der Waals surface area contributed by atoms with E-state index < -0.39 is 0 Å². The monoisotopic (exact) mass is 325 g/mol. The lowest BCUT2D eigenvalue weighted by atomic mass is 10.1. The molecule has 1 aliphatic rings. The number of rotatable bonds is 2. The van der Waals surface area contributed by atoms with Crippen molar-refractivity contribution in [3.63, 3.8) is 0 Å². The second kappa shape index (κ2) is 5.20. The molecule has 0 radical (unpaired) electrons. The number of nitrogens with one attached hydrogen (secondary N) is 1. The number of aromatic nitrogens is 2. The number of fused-ring (bicyclic) bond motifs is 2. The molecule has 118 valence electrons. The molecule has 0 aliphatic carbocycles. The molecule has 0 saturated heterocycles. The van der Waals surface area contributed by atoms with Gasteiger partial charge in [-0.05, 0) is 44.4 Å². The summed E-state index contributed by atoms with van der Waals surface area (Å²) >= 11 is 1.60. The molecule has 3 aromatic rings. The van der Waals surface area contributed by atoms with Gasteiger partial charge >= 0.3 is 0 Å². The molecule has 4 rings (SSSR count). The van der Waals surface area contributed by atoms with Crippen LogP contribution in [-0.2, 0) is 6.42 Å². The van der Waals surface area contributed by atoms with Crippen LogP contribution in [0.4, 0.5) is 5.69 Å². The first kappa shape index (κ1) is 14.5. The van der Waals surface area contributed by atoms with E-state index in [2.05, 4.69) is 41.1 Å². The standard InChI is InChI=1S/C18H19N3OS/c1-10-12(3)23-18-15(10)17(22)19-16(20-18)11(2)21-9-8-13-6-4-5-7-14(13)21/h4-7,11H,8-9H2,1-3H3,(H,19,20,22)/t11-/m0/s1. The van der Waals surface area contributed by atoms with E-state index in [1.807, 2.05) is 13.8 Å². The third kappa shape index (κ3) is 2.18. The zero-order valence-electron chi connectivity index (χ0n) is 13.5. The molecule has 1 aliphatic heterocycles. The first-order valence-electron chi connectivity index (χ1n) is 7.90. The zero-order chi connectivity index (χ0) is 16.1. The Morgan fingerprint density at radius 2 is 2.09 bits per heavy atom. The molecular formula is C18H19N3OS. The molecule has 1 aromatic carbocycles. The molecule has 0 bridgehead atoms. The van der Waals surface area contributed by atoms with Crippen molar-refractivity contribution in [1.29, 1.82) is 0 Å². The van der Waals surface area contributed by atoms with E-state index in [0.29, 0.717) is 0 Å². The third-order valence-corrected chi connectivity index (χ3v) is 5.94. The van der Waals surface area contributed by atoms with Crippen molar-refractivity contribution in [3.05, 3.63) is 56.4 Å². The Balaban J connectivity index is 1.79. The molecule has 1 N–H and O–H groups in total. The average Bonchev–Trinajstić information content (AvgIpc) is 3.08. The maximum absolute atomic E-state index is 12.5. The molecule has 0 saturated carbocycles. The Hall–Kier alpha value is -2.14. The summed E-state index contributed by atoms with van der Waals surface area (Å²) in [7, 11) is 0. The SMILES string of the molecule is Cc1sc2nc([C@H](C)N3CCc4ccccc43)[nH]c(=O)c2c1C. The smallest absolute Gasteiger partial charge is 0.259 e. The number of thiophene rings is 1. The second-order valence-electron chi connectivity index (χ2n) is 6.16. The van der Waals surface area contributed by atoms with Crippen LogP contribution >= 0.6 is 11.3 Å². The quantitative estimate of drug-likeness (QED) is 0.781. The predicted octanol–water partition coefficient (Wildman–Crippen LogP) is 3.73. The van der Waals surface area contributed by atoms with Gasteiger partial charge in [-0.3, -0.25) is 4.79 Å². The topological polar surface area (TPSA) is 49.0 Å². The summed E-state index contributed by atoms with van der Waals surface area (Å²) in [5.74, 6) is 0.750. The van der Waals surface area contributed by atoms with E-state index in [-0.39, 0.29) is 11.6 Å². The minimum absolute atomic E-state index is 0.0221. The Morgan fingerprint density at radius 1 is 1.30 bits per heavy atom. The normalized spacial score (nSPS) is 15.2. The Labute approximate surface area is 138 Å². The van der Waals surface area contributed by atoms with Crippen molar-refractivity contribution in [3.8, 4) is 0 Å². The highest BCUT2D eigenvalue weighted by Crippen LogP contribution is 2.34. The molecule has 23 heavy (non-hydrogen) atoms. The molecule has 0 amide bonds. The molecule has 0 spiro atoms. The van der Waals surface area contributed by atoms with Crippen molar-refractivity contribution < 1.29 is 0 Å². The fourth-order valence-electron chi connectivity index (χ4n) is 3.38. The number of nitrogens with zero attached hydrogens (tertiary/aromatic N) is 2. The first-order chi connectivity index (χ1) is 11.1. The molecule has 4 nitrogen and oxygen atoms in total. The van der Waals surface area contributed by atoms with Crippen LogP contribution in [-0.4, -0.2) is 16.5 Å². The lowest BCUT2D eigenvalue weighted by Crippen LogP contribution is -2.27. The summed E-state index contributed by atoms with van der Waals surface area (Å²) in [4.78, 5) is 24.6. The van der Waals surface area contributed by atoms with Crippen molar-refractivity contribution in [2.45, 2.75) is 33.2 Å². The summed E-state index contributed by atoms with van der Waals surface area (Å²) in [5, 5.41) is 0.741. The Morgan fingerprint density at radius 3 is 2.91 bits per heavy atom. The van der Waals surface area contributed by atoms with Crippen LogP contribution in [0.3, 0.4) is 0 Å². The highest BCUT2D eigenvalue weighted by molar-refractivity contribution is 7.18. The van der Waals surface area contributed by atoms with E-state index in [4.69, 9.17) is 4.98 Å². The van der Waals surface area contributed by atoms with Crippen molar-refractivity contribution in [2.75, 3.05) is 11.4 Å². The summed E-state index contributed by atoms with van der Waals surface area (Å²) in [6, 6.07) is 8.52. The number of anilines is 1. The number of hydrogen-bond donors (Lipinski definition) is 1. The highest BCUT2D eigenvalue weighted by atomic mass is 32.1. The van der Waals surface area contributed by atoms with E-state index in [0.717, 1.165) is 39.4 Å². The van der Waals surface area contributed by atoms with E-state index >= 15 is 0 Å². The van der Waals surface area contributed by atoms with Gasteiger partial charge in [0.05, 0.1) is 11.4 Å². The molecule has 1 atom stereocenters. The van der Waals surface area contributed by atoms with Gasteiger partial charge in [0, 0.05) is 17.1 Å². The zero-order valence-corrected chi connectivity index (χ0v) is 14.3. The predicted molar refractivity (Wildman–Crippen MR) is 95.6 cm³/mol. The molecule has 3 heterocycles. The number of para-hydroxylation sites is 1. The van der Waals surface area contributed by atoms with Crippen molar-refractivity contribution >= 4 is 27.2 Å². The number of aromatic amines is 1. The van der Waals surface area contributed by atoms with Gasteiger partial charge in [0.15, 0.2) is 0 Å². The highest BCUT2D eigenvalue weighted by Gasteiger charge is 2.26. The van der Waals surface area contributed by atoms with Gasteiger partial charge in [0.1, 0.15) is 10.7 Å². The van der Waals surface area contributed by atoms with Crippen LogP contribution in [0.2, 0.25) is 0 Å². The number of hydrogen-bond acceptors (Lipinski definition) is 4. The van der Waals surface area contributed by atoms with Crippen LogP contribution in [0.1, 0.15) is 34.8 Å². The van der Waals surface area contributed by atoms with Gasteiger partial charge < -0.3 is 9.88 Å². The van der Waals surface area contributed by atoms with E-state index in [1.165, 1.54) is 11.3 Å². The number of H-pyrrole nitrogens is 1. The Kier molecular flexibility index (Phi) is 3.27. The summed E-state index contributed by atoms with van der Waals surface area (Å²) < 4.78 is 0. The van der Waals surface area contributed by atoms with Gasteiger partial charge in [-0.25, -0.2) is 4.98 Å². The van der Waals surface area contributed by atoms with Gasteiger partial charge in [0.25, 0.3) is 5.56 Å². The summed E-state index contributed by atoms with van der Waals surface area (Å²) in [6.45, 7) is 7.11. The van der Waals surface area contributed by atoms with Gasteiger partial charge in [-0.1, -0.05) is 18.2 Å². The van der Waals surface area contributed by atoms with Crippen LogP contribution in [0.5, 0.6) is 0 Å². The second-order valence-corrected chi connectivity index (χ2v) is 7.37. The fraction of sp³-hybridized carbons (Fsp3) is 0.333. The van der Waals surface area contributed by atoms with Gasteiger partial charge in [-0.2, -0.15) is 0 Å². The Bertz CT molecular complexity index is 957. The third-order valence-electron chi connectivity index (χ3n) is 4.84. The van der Waals surface area contributed by atoms with Crippen LogP contribution in [0.15, 0.2) is 29.1 Å². The van der Waals surface area contributed by atoms with Crippen molar-refractivity contribution in [2.24, 2.45) is 0 Å². The van der Waals surface area contributed by atoms with Gasteiger partial charge in [0.2, 0.25) is 0 Å². The van der Waals surface area contributed by atoms with E-state index in [1.54, 1.807) is 11.3 Å². The van der Waals surface area contributed by atoms with Crippen LogP contribution in [0.25, 0.3) is 10.2 Å². The number of benzene rings is 1. The van der Waals surface area contributed by atoms with E-state index in [9.17, 15) is 4.79 Å². The first-order valence-corrected chi connectivity index (χ1v) is 8.72. The summed E-state index contributed by atoms with van der Waals surface area (Å²) in [5.41, 5.74) is 3.64. The minimum Gasteiger partial charge on any atom is -0.361 e. The summed E-state index contributed by atoms with van der Waals surface area (Å²) in [6.07, 6.45) is 1.05. The molecule has 0 unspecified atom stereocenters.